The zero-order chi connectivity index (χ0) is 35.2. The number of carbonyl (C=O) groups excluding carboxylic acids is 1. The fraction of sp³-hybridized carbons (Fsp3) is 0.182. The van der Waals surface area contributed by atoms with Crippen LogP contribution in [0.15, 0.2) is 146 Å². The first kappa shape index (κ1) is 35.6. The zero-order valence-corrected chi connectivity index (χ0v) is 29.0. The van der Waals surface area contributed by atoms with Crippen LogP contribution < -0.4 is 9.47 Å². The highest BCUT2D eigenvalue weighted by Crippen LogP contribution is 2.42. The van der Waals surface area contributed by atoms with Crippen LogP contribution in [0.3, 0.4) is 0 Å². The third kappa shape index (κ3) is 8.84. The van der Waals surface area contributed by atoms with Crippen molar-refractivity contribution in [2.45, 2.75) is 32.0 Å². The highest BCUT2D eigenvalue weighted by Gasteiger charge is 2.38. The Morgan fingerprint density at radius 1 is 0.600 bits per heavy atom. The summed E-state index contributed by atoms with van der Waals surface area (Å²) in [5.74, 6) is 1.58. The van der Waals surface area contributed by atoms with E-state index in [4.69, 9.17) is 24.0 Å². The van der Waals surface area contributed by atoms with Crippen LogP contribution in [-0.2, 0) is 39.3 Å². The first-order valence-electron chi connectivity index (χ1n) is 16.5. The number of methoxy groups -OCH3 is 3. The van der Waals surface area contributed by atoms with E-state index in [0.717, 1.165) is 57.9 Å². The molecule has 50 heavy (non-hydrogen) atoms. The lowest BCUT2D eigenvalue weighted by Crippen LogP contribution is -2.32. The molecule has 6 heteroatoms. The molecule has 0 amide bonds. The number of rotatable bonds is 13. The summed E-state index contributed by atoms with van der Waals surface area (Å²) in [4.78, 5) is 13.8. The summed E-state index contributed by atoms with van der Waals surface area (Å²) in [6.07, 6.45) is 3.93. The van der Waals surface area contributed by atoms with Gasteiger partial charge in [-0.05, 0) is 89.5 Å². The van der Waals surface area contributed by atoms with E-state index in [2.05, 4.69) is 109 Å². The van der Waals surface area contributed by atoms with Gasteiger partial charge in [-0.15, -0.1) is 0 Å². The molecule has 6 nitrogen and oxygen atoms in total. The first-order chi connectivity index (χ1) is 24.5. The van der Waals surface area contributed by atoms with Gasteiger partial charge in [-0.25, -0.2) is 0 Å². The summed E-state index contributed by atoms with van der Waals surface area (Å²) < 4.78 is 21.9. The molecule has 0 saturated heterocycles. The second-order valence-corrected chi connectivity index (χ2v) is 11.9. The molecule has 6 aromatic rings. The van der Waals surface area contributed by atoms with E-state index < -0.39 is 5.60 Å². The van der Waals surface area contributed by atoms with Gasteiger partial charge in [-0.2, -0.15) is 0 Å². The fourth-order valence-corrected chi connectivity index (χ4v) is 5.99. The molecule has 1 aromatic heterocycles. The molecular weight excluding hydrogens is 622 g/mol. The average molecular weight is 666 g/mol. The molecule has 0 unspecified atom stereocenters. The van der Waals surface area contributed by atoms with E-state index in [1.54, 1.807) is 14.2 Å². The van der Waals surface area contributed by atoms with E-state index in [1.165, 1.54) is 23.8 Å². The smallest absolute Gasteiger partial charge is 0.292 e. The van der Waals surface area contributed by atoms with Crippen molar-refractivity contribution in [3.05, 3.63) is 185 Å². The van der Waals surface area contributed by atoms with E-state index >= 15 is 0 Å². The minimum Gasteiger partial charge on any atom is -0.497 e. The molecule has 0 spiro atoms. The third-order valence-corrected chi connectivity index (χ3v) is 8.56. The van der Waals surface area contributed by atoms with Crippen molar-refractivity contribution in [3.63, 3.8) is 0 Å². The van der Waals surface area contributed by atoms with Gasteiger partial charge in [0.25, 0.3) is 6.47 Å². The molecule has 254 valence electrons. The number of nitrogens with zero attached hydrogens (tertiary/aromatic N) is 1. The van der Waals surface area contributed by atoms with Gasteiger partial charge < -0.3 is 18.9 Å². The minimum atomic E-state index is -0.885. The Balaban J connectivity index is 0.00000115. The summed E-state index contributed by atoms with van der Waals surface area (Å²) in [6, 6.07) is 48.2. The van der Waals surface area contributed by atoms with Crippen LogP contribution >= 0.6 is 0 Å². The lowest BCUT2D eigenvalue weighted by Gasteiger charge is -2.36. The monoisotopic (exact) mass is 665 g/mol. The summed E-state index contributed by atoms with van der Waals surface area (Å²) in [7, 11) is 4.67. The van der Waals surface area contributed by atoms with Gasteiger partial charge in [0.05, 0.1) is 33.6 Å². The Kier molecular flexibility index (Phi) is 12.5. The Hall–Kier alpha value is -5.72. The van der Waals surface area contributed by atoms with Crippen molar-refractivity contribution in [1.82, 2.24) is 4.98 Å². The van der Waals surface area contributed by atoms with Crippen LogP contribution in [0.25, 0.3) is 11.3 Å². The summed E-state index contributed by atoms with van der Waals surface area (Å²) in [6.45, 7) is 2.88. The normalized spacial score (nSPS) is 10.8. The highest BCUT2D eigenvalue weighted by molar-refractivity contribution is 5.60. The lowest BCUT2D eigenvalue weighted by molar-refractivity contribution is -0.126. The second kappa shape index (κ2) is 17.6. The first-order valence-corrected chi connectivity index (χ1v) is 16.5. The van der Waals surface area contributed by atoms with Crippen LogP contribution in [0.2, 0.25) is 0 Å². The molecule has 0 bridgehead atoms. The van der Waals surface area contributed by atoms with Crippen molar-refractivity contribution in [2.75, 3.05) is 21.3 Å². The van der Waals surface area contributed by atoms with Crippen LogP contribution in [0.5, 0.6) is 11.5 Å². The van der Waals surface area contributed by atoms with Gasteiger partial charge in [0.2, 0.25) is 0 Å². The number of aryl methyl sites for hydroxylation is 3. The number of ether oxygens (including phenoxy) is 4. The maximum atomic E-state index is 8.95. The Morgan fingerprint density at radius 3 is 1.68 bits per heavy atom. The molecule has 0 atom stereocenters. The number of benzene rings is 5. The van der Waals surface area contributed by atoms with Crippen LogP contribution in [-0.4, -0.2) is 32.8 Å². The van der Waals surface area contributed by atoms with Crippen LogP contribution in [0, 0.1) is 6.92 Å². The largest absolute Gasteiger partial charge is 0.497 e. The molecule has 1 heterocycles. The lowest BCUT2D eigenvalue weighted by atomic mass is 9.80. The van der Waals surface area contributed by atoms with E-state index in [0.29, 0.717) is 13.1 Å². The maximum absolute atomic E-state index is 8.95. The molecule has 6 rings (SSSR count). The van der Waals surface area contributed by atoms with E-state index in [9.17, 15) is 0 Å². The Bertz CT molecular complexity index is 1870. The van der Waals surface area contributed by atoms with Crippen LogP contribution in [0.1, 0.15) is 38.9 Å². The molecule has 0 saturated carbocycles. The van der Waals surface area contributed by atoms with E-state index in [1.807, 2.05) is 48.7 Å². The second-order valence-electron chi connectivity index (χ2n) is 11.9. The predicted octanol–water partition coefficient (Wildman–Crippen LogP) is 9.16. The molecule has 0 aliphatic carbocycles. The number of hydrogen-bond donors (Lipinski definition) is 0. The molecule has 0 N–H and O–H groups in total. The fourth-order valence-electron chi connectivity index (χ4n) is 5.99. The Morgan fingerprint density at radius 2 is 1.16 bits per heavy atom. The molecule has 0 fully saturated rings. The average Bonchev–Trinajstić information content (AvgIpc) is 3.18. The Labute approximate surface area is 295 Å². The minimum absolute atomic E-state index is 0.358. The van der Waals surface area contributed by atoms with Gasteiger partial charge in [0.1, 0.15) is 17.1 Å². The van der Waals surface area contributed by atoms with Gasteiger partial charge >= 0.3 is 0 Å². The summed E-state index contributed by atoms with van der Waals surface area (Å²) in [5.41, 5.74) is 9.15. The SMILES string of the molecule is COC=O.COc1ccc(C(OCc2ccc(-c3cccc(CCc4cccc(C)c4)c3)nc2)(c2ccccc2)c2ccc(OC)cc2)cc1. The molecule has 0 radical (unpaired) electrons. The molecule has 5 aromatic carbocycles. The van der Waals surface area contributed by atoms with Crippen molar-refractivity contribution in [3.8, 4) is 22.8 Å². The van der Waals surface area contributed by atoms with Gasteiger partial charge in [-0.3, -0.25) is 9.78 Å². The highest BCUT2D eigenvalue weighted by atomic mass is 16.5. The van der Waals surface area contributed by atoms with Crippen molar-refractivity contribution in [2.24, 2.45) is 0 Å². The van der Waals surface area contributed by atoms with Gasteiger partial charge in [0, 0.05) is 11.8 Å². The van der Waals surface area contributed by atoms with Crippen molar-refractivity contribution in [1.29, 1.82) is 0 Å². The quantitative estimate of drug-likeness (QED) is 0.0906. The standard InChI is InChI=1S/C42H39NO3.C2H4O2/c1-31-9-7-10-32(27-31)15-16-33-11-8-12-35(28-33)41-26-17-34(29-43-41)30-46-42(36-13-5-4-6-14-36,37-18-22-39(44-2)23-19-37)38-20-24-40(45-3)25-21-38;1-4-2-3/h4-14,17-29H,15-16,30H2,1-3H3;2H,1H3. The van der Waals surface area contributed by atoms with E-state index in [-0.39, 0.29) is 0 Å². The topological polar surface area (TPSA) is 66.9 Å². The molecule has 0 aliphatic heterocycles. The number of hydrogen-bond acceptors (Lipinski definition) is 6. The predicted molar refractivity (Wildman–Crippen MR) is 198 cm³/mol. The van der Waals surface area contributed by atoms with Crippen molar-refractivity contribution >= 4 is 6.47 Å². The summed E-state index contributed by atoms with van der Waals surface area (Å²) >= 11 is 0. The van der Waals surface area contributed by atoms with Gasteiger partial charge in [0.15, 0.2) is 0 Å². The van der Waals surface area contributed by atoms with Crippen LogP contribution in [0.4, 0.5) is 0 Å². The summed E-state index contributed by atoms with van der Waals surface area (Å²) in [5, 5.41) is 0. The number of carbonyl (C=O) groups is 1. The van der Waals surface area contributed by atoms with Crippen molar-refractivity contribution < 1.29 is 23.7 Å². The molecular formula is C44H43NO5. The molecule has 0 aliphatic rings. The van der Waals surface area contributed by atoms with Gasteiger partial charge in [-0.1, -0.05) is 109 Å². The zero-order valence-electron chi connectivity index (χ0n) is 29.0. The maximum Gasteiger partial charge on any atom is 0.292 e. The number of aromatic nitrogens is 1. The number of pyridine rings is 1. The third-order valence-electron chi connectivity index (χ3n) is 8.56.